The Balaban J connectivity index is 3.15. The average Bonchev–Trinajstić information content (AvgIpc) is 2.14. The van der Waals surface area contributed by atoms with Crippen molar-refractivity contribution in [1.29, 1.82) is 0 Å². The van der Waals surface area contributed by atoms with Gasteiger partial charge in [0.25, 0.3) is 0 Å². The molecule has 94 valence electrons. The summed E-state index contributed by atoms with van der Waals surface area (Å²) in [7, 11) is -4.16. The van der Waals surface area contributed by atoms with E-state index in [1.54, 1.807) is 0 Å². The van der Waals surface area contributed by atoms with Gasteiger partial charge in [-0.2, -0.15) is 0 Å². The Kier molecular flexibility index (Phi) is 4.23. The summed E-state index contributed by atoms with van der Waals surface area (Å²) in [6, 6.07) is 1.18. The first-order valence-electron chi connectivity index (χ1n) is 4.19. The molecule has 0 aliphatic carbocycles. The third-order valence-corrected chi connectivity index (χ3v) is 2.80. The lowest BCUT2D eigenvalue weighted by molar-refractivity contribution is 0.318. The molecule has 2 N–H and O–H groups in total. The van der Waals surface area contributed by atoms with Crippen LogP contribution in [-0.2, 0) is 10.0 Å². The third kappa shape index (κ3) is 3.76. The molecule has 0 bridgehead atoms. The molecule has 17 heavy (non-hydrogen) atoms. The second-order valence-corrected chi connectivity index (χ2v) is 5.75. The van der Waals surface area contributed by atoms with Crippen LogP contribution < -0.4 is 9.88 Å². The van der Waals surface area contributed by atoms with Gasteiger partial charge in [0.15, 0.2) is 17.4 Å². The largest absolute Gasteiger partial charge is 0.482 e. The van der Waals surface area contributed by atoms with E-state index in [4.69, 9.17) is 9.88 Å². The molecule has 1 aromatic rings. The Morgan fingerprint density at radius 2 is 1.88 bits per heavy atom. The monoisotopic (exact) mass is 327 g/mol. The highest BCUT2D eigenvalue weighted by molar-refractivity contribution is 9.11. The van der Waals surface area contributed by atoms with Crippen molar-refractivity contribution in [3.05, 3.63) is 34.8 Å². The van der Waals surface area contributed by atoms with E-state index in [0.29, 0.717) is 16.6 Å². The number of hydrogen-bond acceptors (Lipinski definition) is 3. The topological polar surface area (TPSA) is 69.4 Å². The molecule has 1 aromatic carbocycles. The highest BCUT2D eigenvalue weighted by atomic mass is 79.9. The number of primary sulfonamides is 1. The minimum absolute atomic E-state index is 0.150. The van der Waals surface area contributed by atoms with Crippen LogP contribution in [-0.4, -0.2) is 15.0 Å². The molecule has 0 amide bonds. The van der Waals surface area contributed by atoms with Crippen molar-refractivity contribution in [1.82, 2.24) is 0 Å². The number of ether oxygens (including phenoxy) is 1. The van der Waals surface area contributed by atoms with Crippen molar-refractivity contribution in [2.75, 3.05) is 6.61 Å². The summed E-state index contributed by atoms with van der Waals surface area (Å²) in [5, 5.41) is 4.74. The number of halogens is 3. The summed E-state index contributed by atoms with van der Waals surface area (Å²) < 4.78 is 53.7. The molecule has 0 atom stereocenters. The van der Waals surface area contributed by atoms with Crippen molar-refractivity contribution in [3.8, 4) is 5.75 Å². The first-order chi connectivity index (χ1) is 7.71. The van der Waals surface area contributed by atoms with E-state index in [2.05, 4.69) is 22.5 Å². The first-order valence-corrected chi connectivity index (χ1v) is 6.53. The summed E-state index contributed by atoms with van der Waals surface area (Å²) in [5.74, 6) is -2.98. The van der Waals surface area contributed by atoms with Crippen LogP contribution in [0.15, 0.2) is 28.1 Å². The quantitative estimate of drug-likeness (QED) is 0.918. The molecule has 0 saturated heterocycles. The fourth-order valence-electron chi connectivity index (χ4n) is 0.989. The van der Waals surface area contributed by atoms with Gasteiger partial charge >= 0.3 is 0 Å². The van der Waals surface area contributed by atoms with E-state index in [1.807, 2.05) is 0 Å². The summed E-state index contributed by atoms with van der Waals surface area (Å²) in [5.41, 5.74) is 0. The standard InChI is InChI=1S/C9H8BrF2NO3S/c1-5(10)4-16-9-7(11)2-6(3-8(9)12)17(13,14)15/h2-3H,1,4H2,(H2,13,14,15). The molecule has 1 rings (SSSR count). The van der Waals surface area contributed by atoms with Crippen LogP contribution in [0, 0.1) is 11.6 Å². The zero-order valence-corrected chi connectivity index (χ0v) is 10.8. The van der Waals surface area contributed by atoms with Gasteiger partial charge in [-0.05, 0) is 12.1 Å². The SMILES string of the molecule is C=C(Br)COc1c(F)cc(S(N)(=O)=O)cc1F. The smallest absolute Gasteiger partial charge is 0.238 e. The molecule has 0 saturated carbocycles. The second kappa shape index (κ2) is 5.11. The van der Waals surface area contributed by atoms with Crippen LogP contribution in [0.5, 0.6) is 5.75 Å². The fraction of sp³-hybridized carbons (Fsp3) is 0.111. The summed E-state index contributed by atoms with van der Waals surface area (Å²) >= 11 is 2.95. The molecule has 0 unspecified atom stereocenters. The average molecular weight is 328 g/mol. The van der Waals surface area contributed by atoms with Gasteiger partial charge in [-0.1, -0.05) is 22.5 Å². The number of sulfonamides is 1. The van der Waals surface area contributed by atoms with Gasteiger partial charge in [0.1, 0.15) is 6.61 Å². The van der Waals surface area contributed by atoms with Gasteiger partial charge in [-0.25, -0.2) is 22.3 Å². The summed E-state index contributed by atoms with van der Waals surface area (Å²) in [6.07, 6.45) is 0. The van der Waals surface area contributed by atoms with E-state index in [0.717, 1.165) is 0 Å². The highest BCUT2D eigenvalue weighted by Gasteiger charge is 2.17. The van der Waals surface area contributed by atoms with Crippen molar-refractivity contribution in [2.24, 2.45) is 5.14 Å². The third-order valence-electron chi connectivity index (χ3n) is 1.67. The molecule has 0 spiro atoms. The Morgan fingerprint density at radius 1 is 1.41 bits per heavy atom. The molecular formula is C9H8BrF2NO3S. The second-order valence-electron chi connectivity index (χ2n) is 3.07. The van der Waals surface area contributed by atoms with E-state index >= 15 is 0 Å². The molecule has 0 aliphatic rings. The zero-order chi connectivity index (χ0) is 13.2. The molecule has 0 fully saturated rings. The number of hydrogen-bond donors (Lipinski definition) is 1. The van der Waals surface area contributed by atoms with Gasteiger partial charge in [-0.3, -0.25) is 0 Å². The van der Waals surface area contributed by atoms with Crippen LogP contribution >= 0.6 is 15.9 Å². The normalized spacial score (nSPS) is 11.3. The Bertz CT molecular complexity index is 536. The number of rotatable bonds is 4. The van der Waals surface area contributed by atoms with Crippen LogP contribution in [0.25, 0.3) is 0 Å². The number of nitrogens with two attached hydrogens (primary N) is 1. The summed E-state index contributed by atoms with van der Waals surface area (Å²) in [4.78, 5) is -0.655. The highest BCUT2D eigenvalue weighted by Crippen LogP contribution is 2.25. The van der Waals surface area contributed by atoms with Crippen molar-refractivity contribution in [3.63, 3.8) is 0 Å². The predicted molar refractivity (Wildman–Crippen MR) is 61.3 cm³/mol. The minimum Gasteiger partial charge on any atom is -0.482 e. The maximum Gasteiger partial charge on any atom is 0.238 e. The zero-order valence-electron chi connectivity index (χ0n) is 8.41. The molecule has 4 nitrogen and oxygen atoms in total. The van der Waals surface area contributed by atoms with Crippen molar-refractivity contribution in [2.45, 2.75) is 4.90 Å². The maximum absolute atomic E-state index is 13.4. The van der Waals surface area contributed by atoms with Gasteiger partial charge in [0.05, 0.1) is 4.90 Å². The van der Waals surface area contributed by atoms with E-state index < -0.39 is 32.3 Å². The van der Waals surface area contributed by atoms with Gasteiger partial charge in [-0.15, -0.1) is 0 Å². The molecule has 0 aliphatic heterocycles. The van der Waals surface area contributed by atoms with E-state index in [1.165, 1.54) is 0 Å². The van der Waals surface area contributed by atoms with E-state index in [-0.39, 0.29) is 6.61 Å². The number of benzene rings is 1. The Hall–Kier alpha value is -0.990. The van der Waals surface area contributed by atoms with Crippen LogP contribution in [0.4, 0.5) is 8.78 Å². The predicted octanol–water partition coefficient (Wildman–Crippen LogP) is 1.90. The fourth-order valence-corrected chi connectivity index (χ4v) is 1.64. The Morgan fingerprint density at radius 3 is 2.24 bits per heavy atom. The van der Waals surface area contributed by atoms with Gasteiger partial charge in [0.2, 0.25) is 10.0 Å². The Labute approximate surface area is 105 Å². The lowest BCUT2D eigenvalue weighted by atomic mass is 10.3. The first kappa shape index (κ1) is 14.1. The molecule has 0 aromatic heterocycles. The molecular weight excluding hydrogens is 320 g/mol. The van der Waals surface area contributed by atoms with Crippen LogP contribution in [0.2, 0.25) is 0 Å². The van der Waals surface area contributed by atoms with Crippen molar-refractivity contribution >= 4 is 26.0 Å². The van der Waals surface area contributed by atoms with E-state index in [9.17, 15) is 17.2 Å². The lowest BCUT2D eigenvalue weighted by Gasteiger charge is -2.08. The minimum atomic E-state index is -4.16. The molecule has 0 radical (unpaired) electrons. The lowest BCUT2D eigenvalue weighted by Crippen LogP contribution is -2.13. The molecule has 0 heterocycles. The molecule has 8 heteroatoms. The van der Waals surface area contributed by atoms with Gasteiger partial charge in [0, 0.05) is 4.48 Å². The summed E-state index contributed by atoms with van der Waals surface area (Å²) in [6.45, 7) is 3.27. The van der Waals surface area contributed by atoms with Crippen molar-refractivity contribution < 1.29 is 21.9 Å². The van der Waals surface area contributed by atoms with Gasteiger partial charge < -0.3 is 4.74 Å². The van der Waals surface area contributed by atoms with Crippen LogP contribution in [0.3, 0.4) is 0 Å². The van der Waals surface area contributed by atoms with Crippen LogP contribution in [0.1, 0.15) is 0 Å². The maximum atomic E-state index is 13.4.